The highest BCUT2D eigenvalue weighted by atomic mass is 79.9. The Hall–Kier alpha value is 1.62. The molecule has 0 fully saturated rings. The molecule has 5 heteroatoms. The summed E-state index contributed by atoms with van der Waals surface area (Å²) < 4.78 is 5.04. The first-order valence-electron chi connectivity index (χ1n) is 3.52. The predicted octanol–water partition coefficient (Wildman–Crippen LogP) is 6.53. The van der Waals surface area contributed by atoms with Crippen LogP contribution < -0.4 is 0 Å². The van der Waals surface area contributed by atoms with E-state index in [4.69, 9.17) is 0 Å². The van der Waals surface area contributed by atoms with Crippen molar-refractivity contribution < 1.29 is 0 Å². The first-order chi connectivity index (χ1) is 6.04. The van der Waals surface area contributed by atoms with E-state index in [2.05, 4.69) is 79.6 Å². The van der Waals surface area contributed by atoms with Gasteiger partial charge in [0.15, 0.2) is 0 Å². The van der Waals surface area contributed by atoms with Gasteiger partial charge < -0.3 is 0 Å². The molecule has 13 heavy (non-hydrogen) atoms. The number of rotatable bonds is 0. The fourth-order valence-electron chi connectivity index (χ4n) is 0.544. The van der Waals surface area contributed by atoms with Crippen LogP contribution in [0.2, 0.25) is 0 Å². The van der Waals surface area contributed by atoms with E-state index in [1.54, 1.807) is 0 Å². The fourth-order valence-corrected chi connectivity index (χ4v) is 3.56. The van der Waals surface area contributed by atoms with Crippen molar-refractivity contribution >= 4 is 79.6 Å². The lowest BCUT2D eigenvalue weighted by Gasteiger charge is -2.04. The Morgan fingerprint density at radius 2 is 1.00 bits per heavy atom. The van der Waals surface area contributed by atoms with E-state index in [0.717, 1.165) is 22.4 Å². The molecule has 0 amide bonds. The quantitative estimate of drug-likeness (QED) is 0.280. The molecule has 0 aliphatic rings. The smallest absolute Gasteiger partial charge is 0.0482 e. The molecule has 74 valence electrons. The molecule has 1 rings (SSSR count). The Balaban J connectivity index is 0.000000671. The Kier molecular flexibility index (Phi) is 7.86. The van der Waals surface area contributed by atoms with Gasteiger partial charge in [-0.05, 0) is 85.7 Å². The van der Waals surface area contributed by atoms with E-state index in [-0.39, 0.29) is 0 Å². The van der Waals surface area contributed by atoms with E-state index in [1.807, 2.05) is 19.9 Å². The van der Waals surface area contributed by atoms with Gasteiger partial charge in [0.2, 0.25) is 0 Å². The molecule has 0 unspecified atom stereocenters. The molecule has 1 aromatic carbocycles. The van der Waals surface area contributed by atoms with Crippen molar-refractivity contribution in [1.29, 1.82) is 0 Å². The molecule has 0 aromatic heterocycles. The molecular weight excluding hydrogens is 496 g/mol. The predicted molar refractivity (Wildman–Crippen MR) is 76.3 cm³/mol. The lowest BCUT2D eigenvalue weighted by Crippen LogP contribution is -1.77. The monoisotopic (exact) mass is 498 g/mol. The van der Waals surface area contributed by atoms with Gasteiger partial charge in [-0.25, -0.2) is 0 Å². The van der Waals surface area contributed by atoms with Crippen molar-refractivity contribution in [1.82, 2.24) is 0 Å². The molecule has 0 saturated heterocycles. The lowest BCUT2D eigenvalue weighted by molar-refractivity contribution is 1.46. The Bertz CT molecular complexity index is 269. The highest BCUT2D eigenvalue weighted by molar-refractivity contribution is 9.15. The van der Waals surface area contributed by atoms with Gasteiger partial charge >= 0.3 is 0 Å². The van der Waals surface area contributed by atoms with Crippen molar-refractivity contribution in [2.45, 2.75) is 13.8 Å². The van der Waals surface area contributed by atoms with Crippen LogP contribution in [0.4, 0.5) is 0 Å². The highest BCUT2D eigenvalue weighted by Crippen LogP contribution is 2.40. The summed E-state index contributed by atoms with van der Waals surface area (Å²) >= 11 is 17.1. The van der Waals surface area contributed by atoms with Gasteiger partial charge in [-0.2, -0.15) is 0 Å². The van der Waals surface area contributed by atoms with Gasteiger partial charge in [0, 0.05) is 22.4 Å². The minimum atomic E-state index is 0.999. The number of benzene rings is 1. The molecule has 0 nitrogen and oxygen atoms in total. The summed E-state index contributed by atoms with van der Waals surface area (Å²) in [4.78, 5) is 0. The second kappa shape index (κ2) is 6.99. The zero-order chi connectivity index (χ0) is 10.6. The Morgan fingerprint density at radius 1 is 0.692 bits per heavy atom. The summed E-state index contributed by atoms with van der Waals surface area (Å²) in [5.41, 5.74) is 0. The van der Waals surface area contributed by atoms with Crippen LogP contribution in [0, 0.1) is 0 Å². The summed E-state index contributed by atoms with van der Waals surface area (Å²) in [6.07, 6.45) is 0. The molecule has 1 aromatic rings. The van der Waals surface area contributed by atoms with E-state index >= 15 is 0 Å². The van der Waals surface area contributed by atoms with Crippen molar-refractivity contribution in [2.24, 2.45) is 0 Å². The number of hydrogen-bond acceptors (Lipinski definition) is 0. The maximum Gasteiger partial charge on any atom is 0.0482 e. The topological polar surface area (TPSA) is 0 Å². The maximum atomic E-state index is 3.43. The van der Waals surface area contributed by atoms with Crippen LogP contribution >= 0.6 is 79.6 Å². The largest absolute Gasteiger partial charge is 0.0683 e. The van der Waals surface area contributed by atoms with Crippen molar-refractivity contribution in [2.75, 3.05) is 0 Å². The van der Waals surface area contributed by atoms with Gasteiger partial charge in [0.1, 0.15) is 0 Å². The number of hydrogen-bond donors (Lipinski definition) is 0. The summed E-state index contributed by atoms with van der Waals surface area (Å²) in [6.45, 7) is 4.00. The number of halogens is 5. The van der Waals surface area contributed by atoms with Crippen LogP contribution in [-0.2, 0) is 0 Å². The van der Waals surface area contributed by atoms with E-state index in [0.29, 0.717) is 0 Å². The van der Waals surface area contributed by atoms with E-state index < -0.39 is 0 Å². The van der Waals surface area contributed by atoms with Gasteiger partial charge in [-0.3, -0.25) is 0 Å². The Labute approximate surface area is 121 Å². The van der Waals surface area contributed by atoms with Crippen LogP contribution in [0.3, 0.4) is 0 Å². The molecule has 0 atom stereocenters. The van der Waals surface area contributed by atoms with Gasteiger partial charge in [-0.1, -0.05) is 13.8 Å². The minimum Gasteiger partial charge on any atom is -0.0683 e. The molecule has 0 aliphatic carbocycles. The second-order valence-corrected chi connectivity index (χ2v) is 5.87. The average Bonchev–Trinajstić information content (AvgIpc) is 2.15. The maximum absolute atomic E-state index is 3.43. The van der Waals surface area contributed by atoms with Gasteiger partial charge in [0.05, 0.1) is 0 Å². The summed E-state index contributed by atoms with van der Waals surface area (Å²) in [5.74, 6) is 0. The normalized spacial score (nSPS) is 9.15. The van der Waals surface area contributed by atoms with Crippen molar-refractivity contribution in [3.05, 3.63) is 28.4 Å². The minimum absolute atomic E-state index is 0.999. The van der Waals surface area contributed by atoms with E-state index in [9.17, 15) is 0 Å². The Morgan fingerprint density at radius 3 is 1.31 bits per heavy atom. The fraction of sp³-hybridized carbons (Fsp3) is 0.250. The third-order valence-electron chi connectivity index (χ3n) is 1.06. The molecule has 0 heterocycles. The molecule has 0 N–H and O–H groups in total. The standard InChI is InChI=1S/C6HBr5.C2H6/c7-2-1-3(8)5(10)6(11)4(2)9;1-2/h1H;1-2H3. The summed E-state index contributed by atoms with van der Waals surface area (Å²) in [7, 11) is 0. The van der Waals surface area contributed by atoms with Crippen LogP contribution in [0.25, 0.3) is 0 Å². The van der Waals surface area contributed by atoms with Crippen molar-refractivity contribution in [3.8, 4) is 0 Å². The first-order valence-corrected chi connectivity index (χ1v) is 7.49. The van der Waals surface area contributed by atoms with Crippen LogP contribution in [0.15, 0.2) is 28.4 Å². The summed E-state index contributed by atoms with van der Waals surface area (Å²) in [6, 6.07) is 1.97. The third-order valence-corrected chi connectivity index (χ3v) is 6.88. The highest BCUT2D eigenvalue weighted by Gasteiger charge is 2.09. The molecular formula is C8H7Br5. The van der Waals surface area contributed by atoms with Crippen LogP contribution in [-0.4, -0.2) is 0 Å². The molecule has 0 aliphatic heterocycles. The van der Waals surface area contributed by atoms with E-state index in [1.165, 1.54) is 0 Å². The lowest BCUT2D eigenvalue weighted by atomic mass is 10.4. The first kappa shape index (κ1) is 14.6. The van der Waals surface area contributed by atoms with Crippen LogP contribution in [0.5, 0.6) is 0 Å². The van der Waals surface area contributed by atoms with Crippen molar-refractivity contribution in [3.63, 3.8) is 0 Å². The second-order valence-electron chi connectivity index (χ2n) is 1.78. The zero-order valence-corrected chi connectivity index (χ0v) is 14.9. The molecule has 0 bridgehead atoms. The van der Waals surface area contributed by atoms with Gasteiger partial charge in [-0.15, -0.1) is 0 Å². The van der Waals surface area contributed by atoms with Gasteiger partial charge in [0.25, 0.3) is 0 Å². The zero-order valence-electron chi connectivity index (χ0n) is 6.97. The molecule has 0 radical (unpaired) electrons. The summed E-state index contributed by atoms with van der Waals surface area (Å²) in [5, 5.41) is 0. The SMILES string of the molecule is Brc1cc(Br)c(Br)c(Br)c1Br.CC. The average molecular weight is 503 g/mol. The van der Waals surface area contributed by atoms with Crippen LogP contribution in [0.1, 0.15) is 13.8 Å². The molecule has 0 saturated carbocycles. The molecule has 0 spiro atoms. The third kappa shape index (κ3) is 3.93.